The molecule has 0 fully saturated rings. The summed E-state index contributed by atoms with van der Waals surface area (Å²) in [5, 5.41) is 15.2. The molecule has 4 amide bonds. The third-order valence-corrected chi connectivity index (χ3v) is 4.93. The molecule has 0 radical (unpaired) electrons. The second-order valence-corrected chi connectivity index (χ2v) is 9.24. The molecule has 194 valence electrons. The van der Waals surface area contributed by atoms with Gasteiger partial charge in [-0.1, -0.05) is 25.5 Å². The highest BCUT2D eigenvalue weighted by atomic mass is 16.6. The molecule has 10 heteroatoms. The number of amides is 4. The number of nitrogens with one attached hydrogen (secondary N) is 2. The van der Waals surface area contributed by atoms with Gasteiger partial charge in [-0.3, -0.25) is 14.4 Å². The minimum Gasteiger partial charge on any atom is -0.508 e. The lowest BCUT2D eigenvalue weighted by molar-refractivity contribution is -0.142. The number of hydrogen-bond donors (Lipinski definition) is 4. The normalized spacial score (nSPS) is 12.7. The molecule has 0 aliphatic rings. The summed E-state index contributed by atoms with van der Waals surface area (Å²) < 4.78 is 5.23. The zero-order valence-electron chi connectivity index (χ0n) is 21.2. The lowest BCUT2D eigenvalue weighted by atomic mass is 9.99. The van der Waals surface area contributed by atoms with Gasteiger partial charge in [0.15, 0.2) is 0 Å². The van der Waals surface area contributed by atoms with E-state index in [2.05, 4.69) is 17.2 Å². The molecule has 35 heavy (non-hydrogen) atoms. The standard InChI is InChI=1S/C25H38N4O6/c1-7-9-12-27-22(32)21(17-10-11-19(30)16(3)14-17)29(13-8-2)23(33)18(15-20(26)31)28-24(34)35-25(4,5)6/h8,10-11,14,18,21,30H,2,7,9,12-13,15H2,1,3-6H3,(H2,26,31)(H,27,32)(H,28,34). The molecule has 0 saturated carbocycles. The van der Waals surface area contributed by atoms with Crippen molar-refractivity contribution in [2.24, 2.45) is 5.73 Å². The molecular formula is C25H38N4O6. The van der Waals surface area contributed by atoms with Crippen LogP contribution in [0, 0.1) is 6.92 Å². The SMILES string of the molecule is C=CCN(C(=O)C(CC(N)=O)NC(=O)OC(C)(C)C)C(C(=O)NCCCC)c1ccc(O)c(C)c1. The molecule has 1 aromatic rings. The first-order valence-electron chi connectivity index (χ1n) is 11.6. The summed E-state index contributed by atoms with van der Waals surface area (Å²) in [5.41, 5.74) is 5.47. The number of phenolic OH excluding ortho intramolecular Hbond substituents is 1. The van der Waals surface area contributed by atoms with Crippen LogP contribution >= 0.6 is 0 Å². The average Bonchev–Trinajstić information content (AvgIpc) is 2.73. The van der Waals surface area contributed by atoms with E-state index < -0.39 is 47.9 Å². The topological polar surface area (TPSA) is 151 Å². The number of primary amides is 1. The van der Waals surface area contributed by atoms with Crippen molar-refractivity contribution in [1.82, 2.24) is 15.5 Å². The van der Waals surface area contributed by atoms with Crippen molar-refractivity contribution >= 4 is 23.8 Å². The number of carbonyl (C=O) groups excluding carboxylic acids is 4. The van der Waals surface area contributed by atoms with Gasteiger partial charge in [-0.15, -0.1) is 6.58 Å². The molecular weight excluding hydrogens is 452 g/mol. The van der Waals surface area contributed by atoms with Gasteiger partial charge in [0.1, 0.15) is 23.4 Å². The molecule has 2 unspecified atom stereocenters. The Morgan fingerprint density at radius 3 is 2.43 bits per heavy atom. The van der Waals surface area contributed by atoms with E-state index >= 15 is 0 Å². The van der Waals surface area contributed by atoms with Crippen LogP contribution < -0.4 is 16.4 Å². The lowest BCUT2D eigenvalue weighted by Gasteiger charge is -2.33. The van der Waals surface area contributed by atoms with Crippen molar-refractivity contribution in [3.8, 4) is 5.75 Å². The van der Waals surface area contributed by atoms with E-state index in [1.807, 2.05) is 6.92 Å². The van der Waals surface area contributed by atoms with Gasteiger partial charge in [-0.25, -0.2) is 4.79 Å². The Kier molecular flexibility index (Phi) is 11.2. The van der Waals surface area contributed by atoms with Crippen LogP contribution in [0.2, 0.25) is 0 Å². The van der Waals surface area contributed by atoms with E-state index in [-0.39, 0.29) is 12.3 Å². The van der Waals surface area contributed by atoms with Gasteiger partial charge in [0.05, 0.1) is 6.42 Å². The van der Waals surface area contributed by atoms with Crippen LogP contribution in [0.15, 0.2) is 30.9 Å². The second-order valence-electron chi connectivity index (χ2n) is 9.24. The summed E-state index contributed by atoms with van der Waals surface area (Å²) in [4.78, 5) is 52.2. The summed E-state index contributed by atoms with van der Waals surface area (Å²) in [7, 11) is 0. The summed E-state index contributed by atoms with van der Waals surface area (Å²) in [5.74, 6) is -1.94. The van der Waals surface area contributed by atoms with Gasteiger partial charge in [-0.05, 0) is 57.4 Å². The minimum atomic E-state index is -1.37. The number of hydrogen-bond acceptors (Lipinski definition) is 6. The second kappa shape index (κ2) is 13.4. The predicted molar refractivity (Wildman–Crippen MR) is 132 cm³/mol. The summed E-state index contributed by atoms with van der Waals surface area (Å²) in [6, 6.07) is 2.10. The van der Waals surface area contributed by atoms with E-state index in [0.717, 1.165) is 12.8 Å². The van der Waals surface area contributed by atoms with E-state index in [0.29, 0.717) is 17.7 Å². The van der Waals surface area contributed by atoms with Crippen LogP contribution in [0.3, 0.4) is 0 Å². The highest BCUT2D eigenvalue weighted by molar-refractivity contribution is 5.94. The Hall–Kier alpha value is -3.56. The van der Waals surface area contributed by atoms with Crippen LogP contribution in [-0.2, 0) is 19.1 Å². The molecule has 0 saturated heterocycles. The molecule has 1 rings (SSSR count). The minimum absolute atomic E-state index is 0.0404. The predicted octanol–water partition coefficient (Wildman–Crippen LogP) is 2.44. The van der Waals surface area contributed by atoms with Crippen LogP contribution in [0.25, 0.3) is 0 Å². The van der Waals surface area contributed by atoms with Gasteiger partial charge in [-0.2, -0.15) is 0 Å². The number of unbranched alkanes of at least 4 members (excludes halogenated alkanes) is 1. The zero-order chi connectivity index (χ0) is 26.8. The van der Waals surface area contributed by atoms with Gasteiger partial charge in [0, 0.05) is 13.1 Å². The molecule has 1 aromatic carbocycles. The number of nitrogens with zero attached hydrogens (tertiary/aromatic N) is 1. The van der Waals surface area contributed by atoms with E-state index in [1.165, 1.54) is 17.0 Å². The molecule has 2 atom stereocenters. The number of alkyl carbamates (subject to hydrolysis) is 1. The number of benzene rings is 1. The molecule has 0 spiro atoms. The smallest absolute Gasteiger partial charge is 0.408 e. The van der Waals surface area contributed by atoms with Crippen LogP contribution in [0.5, 0.6) is 5.75 Å². The lowest BCUT2D eigenvalue weighted by Crippen LogP contribution is -2.54. The number of ether oxygens (including phenoxy) is 1. The van der Waals surface area contributed by atoms with E-state index in [9.17, 15) is 24.3 Å². The van der Waals surface area contributed by atoms with Gasteiger partial charge >= 0.3 is 6.09 Å². The van der Waals surface area contributed by atoms with Crippen LogP contribution in [-0.4, -0.2) is 58.6 Å². The van der Waals surface area contributed by atoms with Crippen molar-refractivity contribution in [2.75, 3.05) is 13.1 Å². The average molecular weight is 491 g/mol. The Balaban J connectivity index is 3.44. The molecule has 5 N–H and O–H groups in total. The first kappa shape index (κ1) is 29.5. The fourth-order valence-corrected chi connectivity index (χ4v) is 3.32. The molecule has 0 aromatic heterocycles. The molecule has 0 heterocycles. The van der Waals surface area contributed by atoms with Crippen molar-refractivity contribution < 1.29 is 29.0 Å². The summed E-state index contributed by atoms with van der Waals surface area (Å²) >= 11 is 0. The van der Waals surface area contributed by atoms with Crippen LogP contribution in [0.4, 0.5) is 4.79 Å². The number of aryl methyl sites for hydroxylation is 1. The number of aromatic hydroxyl groups is 1. The van der Waals surface area contributed by atoms with Crippen molar-refractivity contribution in [1.29, 1.82) is 0 Å². The molecule has 0 aliphatic carbocycles. The Morgan fingerprint density at radius 2 is 1.91 bits per heavy atom. The van der Waals surface area contributed by atoms with Gasteiger partial charge in [0.25, 0.3) is 0 Å². The monoisotopic (exact) mass is 490 g/mol. The quantitative estimate of drug-likeness (QED) is 0.261. The number of carbonyl (C=O) groups is 4. The van der Waals surface area contributed by atoms with Crippen molar-refractivity contribution in [2.45, 2.75) is 71.6 Å². The molecule has 0 bridgehead atoms. The first-order valence-corrected chi connectivity index (χ1v) is 11.6. The van der Waals surface area contributed by atoms with Crippen LogP contribution in [0.1, 0.15) is 64.1 Å². The third-order valence-electron chi connectivity index (χ3n) is 4.93. The van der Waals surface area contributed by atoms with Gasteiger partial charge in [0.2, 0.25) is 17.7 Å². The summed E-state index contributed by atoms with van der Waals surface area (Å²) in [6.07, 6.45) is 1.64. The fourth-order valence-electron chi connectivity index (χ4n) is 3.32. The highest BCUT2D eigenvalue weighted by Crippen LogP contribution is 2.27. The zero-order valence-corrected chi connectivity index (χ0v) is 21.2. The third kappa shape index (κ3) is 9.68. The number of rotatable bonds is 12. The summed E-state index contributed by atoms with van der Waals surface area (Å²) in [6.45, 7) is 12.7. The Morgan fingerprint density at radius 1 is 1.26 bits per heavy atom. The maximum atomic E-state index is 13.6. The van der Waals surface area contributed by atoms with Gasteiger partial charge < -0.3 is 31.1 Å². The van der Waals surface area contributed by atoms with Crippen molar-refractivity contribution in [3.05, 3.63) is 42.0 Å². The van der Waals surface area contributed by atoms with Crippen molar-refractivity contribution in [3.63, 3.8) is 0 Å². The Labute approximate surface area is 206 Å². The first-order chi connectivity index (χ1) is 16.3. The molecule has 10 nitrogen and oxygen atoms in total. The van der Waals surface area contributed by atoms with E-state index in [1.54, 1.807) is 39.8 Å². The van der Waals surface area contributed by atoms with E-state index in [4.69, 9.17) is 10.5 Å². The fraction of sp³-hybridized carbons (Fsp3) is 0.520. The molecule has 0 aliphatic heterocycles. The maximum Gasteiger partial charge on any atom is 0.408 e. The highest BCUT2D eigenvalue weighted by Gasteiger charge is 2.36. The maximum absolute atomic E-state index is 13.6. The Bertz CT molecular complexity index is 925. The number of phenols is 1. The number of nitrogens with two attached hydrogens (primary N) is 1. The largest absolute Gasteiger partial charge is 0.508 e.